The second kappa shape index (κ2) is 23.6. The number of halogens is 12. The van der Waals surface area contributed by atoms with Crippen molar-refractivity contribution < 1.29 is 97.6 Å². The van der Waals surface area contributed by atoms with Gasteiger partial charge in [0.25, 0.3) is 11.2 Å². The Hall–Kier alpha value is -0.589. The number of hydrogen-bond acceptors (Lipinski definition) is 10. The van der Waals surface area contributed by atoms with Gasteiger partial charge in [-0.3, -0.25) is 0 Å². The van der Waals surface area contributed by atoms with Gasteiger partial charge in [-0.05, 0) is 69.7 Å². The molecule has 2 aliphatic rings. The standard InChI is InChI=1S/C26H44F12O10Si3.6CH4/c1-8-45-16-46-22(25(33,34)35,26(36,37)38)10-9-11-50(41-3,48-51(42-4,43-5)44-6)47-49(7,40-2)20-14-17-12-18(19(20)13-17)15-21(39,23(27,28)29)24(30,31)32;;;;;;/h17-20,39H,8-16H2,1-7H3;6*1H4. The summed E-state index contributed by atoms with van der Waals surface area (Å²) in [5, 5.41) is 9.95. The highest BCUT2D eigenvalue weighted by Gasteiger charge is 2.74. The molecule has 6 unspecified atom stereocenters. The Bertz CT molecular complexity index is 1080. The Morgan fingerprint density at radius 1 is 0.632 bits per heavy atom. The van der Waals surface area contributed by atoms with E-state index in [2.05, 4.69) is 9.47 Å². The minimum absolute atomic E-state index is 0. The lowest BCUT2D eigenvalue weighted by molar-refractivity contribution is -0.395. The molecule has 2 saturated carbocycles. The Kier molecular flexibility index (Phi) is 27.1. The average molecular weight is 925 g/mol. The fraction of sp³-hybridized carbons (Fsp3) is 1.00. The predicted octanol–water partition coefficient (Wildman–Crippen LogP) is 10.8. The third-order valence-corrected chi connectivity index (χ3v) is 20.8. The Balaban J connectivity index is -0.00000150. The van der Waals surface area contributed by atoms with Crippen molar-refractivity contribution in [1.82, 2.24) is 0 Å². The van der Waals surface area contributed by atoms with Gasteiger partial charge in [-0.2, -0.15) is 52.7 Å². The van der Waals surface area contributed by atoms with Crippen LogP contribution in [0.5, 0.6) is 0 Å². The van der Waals surface area contributed by atoms with Crippen LogP contribution in [0.1, 0.15) is 90.0 Å². The molecule has 25 heteroatoms. The highest BCUT2D eigenvalue weighted by Crippen LogP contribution is 2.62. The molecule has 2 rings (SSSR count). The first-order chi connectivity index (χ1) is 23.2. The summed E-state index contributed by atoms with van der Waals surface area (Å²) in [6.07, 6.45) is -28.3. The molecule has 0 amide bonds. The Morgan fingerprint density at radius 3 is 1.46 bits per heavy atom. The molecule has 57 heavy (non-hydrogen) atoms. The fourth-order valence-corrected chi connectivity index (χ4v) is 18.5. The molecule has 0 saturated heterocycles. The number of rotatable bonds is 20. The summed E-state index contributed by atoms with van der Waals surface area (Å²) in [5.41, 5.74) is -10.6. The summed E-state index contributed by atoms with van der Waals surface area (Å²) < 4.78 is 215. The lowest BCUT2D eigenvalue weighted by Crippen LogP contribution is -2.64. The van der Waals surface area contributed by atoms with Crippen LogP contribution in [0.15, 0.2) is 0 Å². The monoisotopic (exact) mass is 924 g/mol. The minimum atomic E-state index is -6.06. The van der Waals surface area contributed by atoms with E-state index < -0.39 is 118 Å². The number of aliphatic hydroxyl groups is 1. The van der Waals surface area contributed by atoms with Gasteiger partial charge in [-0.1, -0.05) is 44.6 Å². The third kappa shape index (κ3) is 13.7. The lowest BCUT2D eigenvalue weighted by Gasteiger charge is -2.45. The molecule has 0 aromatic rings. The van der Waals surface area contributed by atoms with Crippen molar-refractivity contribution in [1.29, 1.82) is 0 Å². The van der Waals surface area contributed by atoms with Gasteiger partial charge < -0.3 is 44.9 Å². The molecule has 0 heterocycles. The van der Waals surface area contributed by atoms with Crippen LogP contribution in [-0.4, -0.2) is 116 Å². The Labute approximate surface area is 334 Å². The molecule has 0 radical (unpaired) electrons. The smallest absolute Gasteiger partial charge is 0.398 e. The molecule has 0 aromatic heterocycles. The highest BCUT2D eigenvalue weighted by molar-refractivity contribution is 6.82. The zero-order valence-electron chi connectivity index (χ0n) is 28.8. The summed E-state index contributed by atoms with van der Waals surface area (Å²) in [4.78, 5) is 0. The third-order valence-electron chi connectivity index (χ3n) is 9.75. The first-order valence-corrected chi connectivity index (χ1v) is 21.5. The van der Waals surface area contributed by atoms with Crippen LogP contribution in [-0.2, 0) is 39.8 Å². The maximum Gasteiger partial charge on any atom is 0.671 e. The van der Waals surface area contributed by atoms with Crippen molar-refractivity contribution >= 4 is 26.4 Å². The molecule has 6 atom stereocenters. The van der Waals surface area contributed by atoms with Crippen molar-refractivity contribution in [2.45, 2.75) is 144 Å². The molecule has 10 nitrogen and oxygen atoms in total. The van der Waals surface area contributed by atoms with Gasteiger partial charge in [0.05, 0.1) is 0 Å². The van der Waals surface area contributed by atoms with Gasteiger partial charge in [-0.15, -0.1) is 0 Å². The van der Waals surface area contributed by atoms with Gasteiger partial charge in [0, 0.05) is 53.7 Å². The van der Waals surface area contributed by atoms with Crippen LogP contribution in [0.25, 0.3) is 0 Å². The maximum atomic E-state index is 14.1. The van der Waals surface area contributed by atoms with E-state index in [1.807, 2.05) is 0 Å². The van der Waals surface area contributed by atoms with E-state index in [1.54, 1.807) is 0 Å². The summed E-state index contributed by atoms with van der Waals surface area (Å²) in [7, 11) is -7.78. The molecular formula is C32H68F12O10Si3. The van der Waals surface area contributed by atoms with Crippen LogP contribution in [0.3, 0.4) is 0 Å². The summed E-state index contributed by atoms with van der Waals surface area (Å²) in [6.45, 7) is 1.07. The highest BCUT2D eigenvalue weighted by atomic mass is 28.5. The molecule has 0 aliphatic heterocycles. The van der Waals surface area contributed by atoms with Gasteiger partial charge in [0.15, 0.2) is 0 Å². The largest absolute Gasteiger partial charge is 0.671 e. The zero-order valence-corrected chi connectivity index (χ0v) is 31.8. The van der Waals surface area contributed by atoms with Gasteiger partial charge >= 0.3 is 51.1 Å². The van der Waals surface area contributed by atoms with E-state index in [4.69, 9.17) is 30.4 Å². The summed E-state index contributed by atoms with van der Waals surface area (Å²) >= 11 is 0. The van der Waals surface area contributed by atoms with Crippen LogP contribution < -0.4 is 0 Å². The normalized spacial score (nSPS) is 22.3. The number of ether oxygens (including phenoxy) is 2. The maximum absolute atomic E-state index is 14.1. The average Bonchev–Trinajstić information content (AvgIpc) is 3.62. The quantitative estimate of drug-likeness (QED) is 0.0549. The molecule has 2 bridgehead atoms. The fourth-order valence-electron chi connectivity index (χ4n) is 7.02. The van der Waals surface area contributed by atoms with Gasteiger partial charge in [-0.25, -0.2) is 0 Å². The SMILES string of the molecule is C.C.C.C.C.C.CCOCOC(CCC[Si](OC)(O[Si](OC)(OC)OC)O[Si](C)(OC)C1CC2CC(CC(O)(C(F)(F)F)C(F)(F)F)C1C2)(C(F)(F)F)C(F)(F)F. The minimum Gasteiger partial charge on any atom is -0.398 e. The van der Waals surface area contributed by atoms with Crippen LogP contribution >= 0.6 is 0 Å². The van der Waals surface area contributed by atoms with E-state index >= 15 is 0 Å². The van der Waals surface area contributed by atoms with Gasteiger partial charge in [0.2, 0.25) is 0 Å². The van der Waals surface area contributed by atoms with E-state index in [0.717, 1.165) is 35.5 Å². The predicted molar refractivity (Wildman–Crippen MR) is 197 cm³/mol. The van der Waals surface area contributed by atoms with Crippen molar-refractivity contribution in [3.05, 3.63) is 0 Å². The van der Waals surface area contributed by atoms with Crippen LogP contribution in [0, 0.1) is 17.8 Å². The van der Waals surface area contributed by atoms with Crippen LogP contribution in [0.4, 0.5) is 52.7 Å². The first-order valence-electron chi connectivity index (χ1n) is 15.5. The lowest BCUT2D eigenvalue weighted by atomic mass is 9.79. The molecular weight excluding hydrogens is 857 g/mol. The second-order valence-electron chi connectivity index (χ2n) is 12.5. The molecule has 2 fully saturated rings. The van der Waals surface area contributed by atoms with Crippen molar-refractivity contribution in [3.63, 3.8) is 0 Å². The zero-order chi connectivity index (χ0) is 39.5. The van der Waals surface area contributed by atoms with E-state index in [-0.39, 0.29) is 70.4 Å². The number of hydrogen-bond donors (Lipinski definition) is 1. The van der Waals surface area contributed by atoms with E-state index in [0.29, 0.717) is 0 Å². The van der Waals surface area contributed by atoms with Crippen molar-refractivity contribution in [2.24, 2.45) is 17.8 Å². The van der Waals surface area contributed by atoms with Gasteiger partial charge in [0.1, 0.15) is 6.79 Å². The molecule has 1 N–H and O–H groups in total. The summed E-state index contributed by atoms with van der Waals surface area (Å²) in [5.74, 6) is -2.65. The van der Waals surface area contributed by atoms with E-state index in [1.165, 1.54) is 13.5 Å². The molecule has 2 aliphatic carbocycles. The van der Waals surface area contributed by atoms with Crippen molar-refractivity contribution in [3.8, 4) is 0 Å². The molecule has 0 aromatic carbocycles. The number of fused-ring (bicyclic) bond motifs is 2. The number of alkyl halides is 12. The molecule has 352 valence electrons. The van der Waals surface area contributed by atoms with E-state index in [9.17, 15) is 57.8 Å². The van der Waals surface area contributed by atoms with Crippen molar-refractivity contribution in [2.75, 3.05) is 48.9 Å². The summed E-state index contributed by atoms with van der Waals surface area (Å²) in [6, 6.07) is -0.807. The topological polar surface area (TPSA) is 103 Å². The second-order valence-corrected chi connectivity index (χ2v) is 21.8. The van der Waals surface area contributed by atoms with Crippen LogP contribution in [0.2, 0.25) is 18.1 Å². The first kappa shape index (κ1) is 65.5. The molecule has 0 spiro atoms. The Morgan fingerprint density at radius 2 is 1.11 bits per heavy atom.